The van der Waals surface area contributed by atoms with E-state index in [1.807, 2.05) is 11.9 Å². The molecule has 0 heterocycles. The zero-order valence-electron chi connectivity index (χ0n) is 8.96. The zero-order chi connectivity index (χ0) is 9.97. The van der Waals surface area contributed by atoms with E-state index in [2.05, 4.69) is 5.32 Å². The number of hydrogen-bond donors (Lipinski definition) is 1. The summed E-state index contributed by atoms with van der Waals surface area (Å²) in [4.78, 5) is 13.5. The third-order valence-corrected chi connectivity index (χ3v) is 3.30. The first-order valence-electron chi connectivity index (χ1n) is 5.73. The molecule has 1 N–H and O–H groups in total. The smallest absolute Gasteiger partial charge is 0.236 e. The monoisotopic (exact) mass is 196 g/mol. The summed E-state index contributed by atoms with van der Waals surface area (Å²) in [6, 6.07) is 0.635. The van der Waals surface area contributed by atoms with E-state index in [1.165, 1.54) is 32.1 Å². The number of likely N-dealkylation sites (N-methyl/N-ethyl adjacent to an activating group) is 1. The molecule has 2 rings (SSSR count). The highest BCUT2D eigenvalue weighted by Crippen LogP contribution is 2.26. The summed E-state index contributed by atoms with van der Waals surface area (Å²) < 4.78 is 0. The fraction of sp³-hybridized carbons (Fsp3) is 0.909. The molecule has 0 spiro atoms. The molecule has 2 fully saturated rings. The molecule has 0 radical (unpaired) electrons. The normalized spacial score (nSPS) is 21.8. The van der Waals surface area contributed by atoms with E-state index < -0.39 is 0 Å². The Labute approximate surface area is 85.8 Å². The lowest BCUT2D eigenvalue weighted by Crippen LogP contribution is -2.40. The van der Waals surface area contributed by atoms with Gasteiger partial charge in [0.25, 0.3) is 0 Å². The van der Waals surface area contributed by atoms with E-state index in [0.29, 0.717) is 12.6 Å². The van der Waals surface area contributed by atoms with Gasteiger partial charge in [0.1, 0.15) is 0 Å². The highest BCUT2D eigenvalue weighted by atomic mass is 16.2. The van der Waals surface area contributed by atoms with Crippen LogP contribution in [-0.2, 0) is 4.79 Å². The van der Waals surface area contributed by atoms with E-state index >= 15 is 0 Å². The molecule has 0 atom stereocenters. The van der Waals surface area contributed by atoms with Crippen LogP contribution in [0.3, 0.4) is 0 Å². The molecule has 0 aliphatic heterocycles. The second kappa shape index (κ2) is 4.30. The molecule has 0 unspecified atom stereocenters. The SMILES string of the molecule is CN(CC1CCC1)C(=O)CNC1CC1. The summed E-state index contributed by atoms with van der Waals surface area (Å²) in [6.45, 7) is 1.50. The van der Waals surface area contributed by atoms with Gasteiger partial charge in [0, 0.05) is 19.6 Å². The van der Waals surface area contributed by atoms with E-state index in [0.717, 1.165) is 12.5 Å². The van der Waals surface area contributed by atoms with E-state index in [4.69, 9.17) is 0 Å². The highest BCUT2D eigenvalue weighted by Gasteiger charge is 2.24. The molecule has 0 saturated heterocycles. The molecule has 0 bridgehead atoms. The van der Waals surface area contributed by atoms with Gasteiger partial charge < -0.3 is 10.2 Å². The van der Waals surface area contributed by atoms with Crippen molar-refractivity contribution in [1.29, 1.82) is 0 Å². The van der Waals surface area contributed by atoms with Crippen LogP contribution >= 0.6 is 0 Å². The van der Waals surface area contributed by atoms with Crippen LogP contribution in [0.25, 0.3) is 0 Å². The Kier molecular flexibility index (Phi) is 3.06. The zero-order valence-corrected chi connectivity index (χ0v) is 8.96. The maximum absolute atomic E-state index is 11.6. The quantitative estimate of drug-likeness (QED) is 0.711. The molecule has 0 aromatic heterocycles. The number of nitrogens with zero attached hydrogens (tertiary/aromatic N) is 1. The molecule has 0 aromatic carbocycles. The van der Waals surface area contributed by atoms with Crippen molar-refractivity contribution in [2.24, 2.45) is 5.92 Å². The second-order valence-electron chi connectivity index (χ2n) is 4.73. The number of nitrogens with one attached hydrogen (secondary N) is 1. The maximum atomic E-state index is 11.6. The minimum atomic E-state index is 0.254. The first-order chi connectivity index (χ1) is 6.75. The van der Waals surface area contributed by atoms with Crippen molar-refractivity contribution in [1.82, 2.24) is 10.2 Å². The van der Waals surface area contributed by atoms with E-state index in [-0.39, 0.29) is 5.91 Å². The van der Waals surface area contributed by atoms with Gasteiger partial charge in [0.05, 0.1) is 6.54 Å². The van der Waals surface area contributed by atoms with Gasteiger partial charge in [-0.3, -0.25) is 4.79 Å². The van der Waals surface area contributed by atoms with Crippen molar-refractivity contribution in [2.75, 3.05) is 20.1 Å². The molecular weight excluding hydrogens is 176 g/mol. The Balaban J connectivity index is 1.61. The first kappa shape index (κ1) is 9.97. The molecule has 1 amide bonds. The molecule has 80 valence electrons. The van der Waals surface area contributed by atoms with Crippen molar-refractivity contribution in [3.8, 4) is 0 Å². The van der Waals surface area contributed by atoms with Gasteiger partial charge in [-0.25, -0.2) is 0 Å². The van der Waals surface area contributed by atoms with Crippen LogP contribution in [0.2, 0.25) is 0 Å². The number of hydrogen-bond acceptors (Lipinski definition) is 2. The van der Waals surface area contributed by atoms with Gasteiger partial charge in [-0.15, -0.1) is 0 Å². The summed E-state index contributed by atoms with van der Waals surface area (Å²) >= 11 is 0. The van der Waals surface area contributed by atoms with Crippen molar-refractivity contribution < 1.29 is 4.79 Å². The highest BCUT2D eigenvalue weighted by molar-refractivity contribution is 5.78. The fourth-order valence-corrected chi connectivity index (χ4v) is 1.82. The number of rotatable bonds is 5. The summed E-state index contributed by atoms with van der Waals surface area (Å²) in [5.74, 6) is 1.04. The summed E-state index contributed by atoms with van der Waals surface area (Å²) in [7, 11) is 1.93. The molecular formula is C11H20N2O. The van der Waals surface area contributed by atoms with Crippen LogP contribution in [0.15, 0.2) is 0 Å². The Morgan fingerprint density at radius 2 is 2.07 bits per heavy atom. The molecule has 2 saturated carbocycles. The van der Waals surface area contributed by atoms with Crippen molar-refractivity contribution in [3.63, 3.8) is 0 Å². The second-order valence-corrected chi connectivity index (χ2v) is 4.73. The lowest BCUT2D eigenvalue weighted by molar-refractivity contribution is -0.129. The summed E-state index contributed by atoms with van der Waals surface area (Å²) in [5, 5.41) is 3.26. The van der Waals surface area contributed by atoms with Crippen LogP contribution in [0.4, 0.5) is 0 Å². The minimum absolute atomic E-state index is 0.254. The average Bonchev–Trinajstić information content (AvgIpc) is 2.90. The van der Waals surface area contributed by atoms with E-state index in [1.54, 1.807) is 0 Å². The summed E-state index contributed by atoms with van der Waals surface area (Å²) in [5.41, 5.74) is 0. The van der Waals surface area contributed by atoms with Crippen LogP contribution in [0, 0.1) is 5.92 Å². The van der Waals surface area contributed by atoms with Crippen molar-refractivity contribution >= 4 is 5.91 Å². The predicted molar refractivity (Wildman–Crippen MR) is 56.0 cm³/mol. The standard InChI is InChI=1S/C11H20N2O/c1-13(8-9-3-2-4-9)11(14)7-12-10-5-6-10/h9-10,12H,2-8H2,1H3. The first-order valence-corrected chi connectivity index (χ1v) is 5.73. The van der Waals surface area contributed by atoms with Crippen LogP contribution in [0.1, 0.15) is 32.1 Å². The Morgan fingerprint density at radius 3 is 2.57 bits per heavy atom. The fourth-order valence-electron chi connectivity index (χ4n) is 1.82. The van der Waals surface area contributed by atoms with Gasteiger partial charge in [0.2, 0.25) is 5.91 Å². The van der Waals surface area contributed by atoms with Crippen LogP contribution < -0.4 is 5.32 Å². The molecule has 3 nitrogen and oxygen atoms in total. The van der Waals surface area contributed by atoms with Crippen molar-refractivity contribution in [3.05, 3.63) is 0 Å². The number of carbonyl (C=O) groups excluding carboxylic acids is 1. The maximum Gasteiger partial charge on any atom is 0.236 e. The molecule has 0 aromatic rings. The Morgan fingerprint density at radius 1 is 1.36 bits per heavy atom. The largest absolute Gasteiger partial charge is 0.344 e. The number of amides is 1. The van der Waals surface area contributed by atoms with Gasteiger partial charge in [-0.2, -0.15) is 0 Å². The van der Waals surface area contributed by atoms with Crippen molar-refractivity contribution in [2.45, 2.75) is 38.1 Å². The molecule has 2 aliphatic rings. The average molecular weight is 196 g/mol. The van der Waals surface area contributed by atoms with Crippen LogP contribution in [0.5, 0.6) is 0 Å². The topological polar surface area (TPSA) is 32.3 Å². The van der Waals surface area contributed by atoms with Crippen LogP contribution in [-0.4, -0.2) is 37.0 Å². The minimum Gasteiger partial charge on any atom is -0.344 e. The molecule has 3 heteroatoms. The van der Waals surface area contributed by atoms with Gasteiger partial charge in [-0.1, -0.05) is 6.42 Å². The van der Waals surface area contributed by atoms with Gasteiger partial charge in [0.15, 0.2) is 0 Å². The third kappa shape index (κ3) is 2.71. The van der Waals surface area contributed by atoms with Gasteiger partial charge in [-0.05, 0) is 31.6 Å². The lowest BCUT2D eigenvalue weighted by Gasteiger charge is -2.30. The number of carbonyl (C=O) groups is 1. The Bertz CT molecular complexity index is 209. The molecule has 14 heavy (non-hydrogen) atoms. The third-order valence-electron chi connectivity index (χ3n) is 3.30. The van der Waals surface area contributed by atoms with E-state index in [9.17, 15) is 4.79 Å². The predicted octanol–water partition coefficient (Wildman–Crippen LogP) is 0.997. The summed E-state index contributed by atoms with van der Waals surface area (Å²) in [6.07, 6.45) is 6.48. The lowest BCUT2D eigenvalue weighted by atomic mass is 9.85. The Hall–Kier alpha value is -0.570. The van der Waals surface area contributed by atoms with Gasteiger partial charge >= 0.3 is 0 Å². The molecule has 2 aliphatic carbocycles.